The number of nitrogens with zero attached hydrogens (tertiary/aromatic N) is 2. The average Bonchev–Trinajstić information content (AvgIpc) is 3.06. The Bertz CT molecular complexity index is 746. The average molecular weight is 384 g/mol. The number of aromatic nitrogens is 2. The fourth-order valence-corrected chi connectivity index (χ4v) is 2.56. The largest absolute Gasteiger partial charge is 0.481 e. The van der Waals surface area contributed by atoms with Gasteiger partial charge in [-0.05, 0) is 37.1 Å². The van der Waals surface area contributed by atoms with Gasteiger partial charge in [0.05, 0.1) is 15.7 Å². The number of hydrogen-bond donors (Lipinski definition) is 2. The molecule has 2 aromatic rings. The van der Waals surface area contributed by atoms with Crippen molar-refractivity contribution in [3.8, 4) is 5.69 Å². The van der Waals surface area contributed by atoms with Gasteiger partial charge in [0.2, 0.25) is 0 Å². The lowest BCUT2D eigenvalue weighted by molar-refractivity contribution is -0.137. The summed E-state index contributed by atoms with van der Waals surface area (Å²) < 4.78 is 1.56. The molecule has 0 radical (unpaired) electrons. The summed E-state index contributed by atoms with van der Waals surface area (Å²) in [6.45, 7) is 0.533. The fourth-order valence-electron chi connectivity index (χ4n) is 2.26. The molecule has 1 amide bonds. The third-order valence-electron chi connectivity index (χ3n) is 3.59. The molecule has 1 aromatic heterocycles. The molecule has 1 aromatic carbocycles. The lowest BCUT2D eigenvalue weighted by atomic mass is 10.1. The van der Waals surface area contributed by atoms with Crippen molar-refractivity contribution in [3.05, 3.63) is 46.2 Å². The zero-order chi connectivity index (χ0) is 18.2. The van der Waals surface area contributed by atoms with Gasteiger partial charge in [-0.25, -0.2) is 4.68 Å². The molecule has 0 spiro atoms. The van der Waals surface area contributed by atoms with Crippen LogP contribution in [-0.2, 0) is 4.79 Å². The molecule has 8 heteroatoms. The summed E-state index contributed by atoms with van der Waals surface area (Å²) in [5.41, 5.74) is 1.03. The molecule has 0 bridgehead atoms. The van der Waals surface area contributed by atoms with E-state index in [1.54, 1.807) is 35.1 Å². The zero-order valence-corrected chi connectivity index (χ0v) is 15.1. The SMILES string of the molecule is O=C(O)CCCCCCNC(=O)c1ccn(-c2ccc(Cl)c(Cl)c2)n1. The Morgan fingerprint density at radius 2 is 1.84 bits per heavy atom. The number of carbonyl (C=O) groups excluding carboxylic acids is 1. The van der Waals surface area contributed by atoms with Crippen molar-refractivity contribution in [3.63, 3.8) is 0 Å². The summed E-state index contributed by atoms with van der Waals surface area (Å²) in [5.74, 6) is -1.02. The van der Waals surface area contributed by atoms with Crippen LogP contribution in [0.4, 0.5) is 0 Å². The number of rotatable bonds is 9. The number of hydrogen-bond acceptors (Lipinski definition) is 3. The Labute approximate surface area is 155 Å². The minimum Gasteiger partial charge on any atom is -0.481 e. The Balaban J connectivity index is 1.78. The summed E-state index contributed by atoms with van der Waals surface area (Å²) >= 11 is 11.9. The van der Waals surface area contributed by atoms with Crippen LogP contribution in [0, 0.1) is 0 Å². The molecule has 1 heterocycles. The second kappa shape index (κ2) is 9.44. The van der Waals surface area contributed by atoms with Crippen molar-refractivity contribution in [2.75, 3.05) is 6.54 Å². The van der Waals surface area contributed by atoms with E-state index < -0.39 is 5.97 Å². The Morgan fingerprint density at radius 1 is 1.08 bits per heavy atom. The van der Waals surface area contributed by atoms with Gasteiger partial charge in [0.15, 0.2) is 5.69 Å². The molecule has 0 atom stereocenters. The molecule has 2 rings (SSSR count). The first-order chi connectivity index (χ1) is 12.0. The summed E-state index contributed by atoms with van der Waals surface area (Å²) in [6.07, 6.45) is 5.06. The minimum absolute atomic E-state index is 0.193. The van der Waals surface area contributed by atoms with Gasteiger partial charge in [0.1, 0.15) is 0 Å². The Kier molecular flexibility index (Phi) is 7.28. The number of unbranched alkanes of at least 4 members (excludes halogenated alkanes) is 3. The molecule has 6 nitrogen and oxygen atoms in total. The number of nitrogens with one attached hydrogen (secondary N) is 1. The maximum absolute atomic E-state index is 12.1. The first-order valence-corrected chi connectivity index (χ1v) is 8.74. The number of benzene rings is 1. The van der Waals surface area contributed by atoms with Gasteiger partial charge in [-0.3, -0.25) is 9.59 Å². The summed E-state index contributed by atoms with van der Waals surface area (Å²) in [6, 6.07) is 6.74. The predicted octanol–water partition coefficient (Wildman–Crippen LogP) is 3.94. The monoisotopic (exact) mass is 383 g/mol. The maximum atomic E-state index is 12.1. The third-order valence-corrected chi connectivity index (χ3v) is 4.33. The van der Waals surface area contributed by atoms with E-state index in [4.69, 9.17) is 28.3 Å². The molecule has 134 valence electrons. The number of carbonyl (C=O) groups is 2. The molecular formula is C17H19Cl2N3O3. The van der Waals surface area contributed by atoms with E-state index in [2.05, 4.69) is 10.4 Å². The van der Waals surface area contributed by atoms with Gasteiger partial charge in [-0.2, -0.15) is 5.10 Å². The number of aliphatic carboxylic acids is 1. The lowest BCUT2D eigenvalue weighted by Gasteiger charge is -2.04. The van der Waals surface area contributed by atoms with E-state index in [0.717, 1.165) is 19.3 Å². The molecule has 0 aliphatic carbocycles. The van der Waals surface area contributed by atoms with Gasteiger partial charge in [-0.1, -0.05) is 36.0 Å². The minimum atomic E-state index is -0.772. The highest BCUT2D eigenvalue weighted by Crippen LogP contribution is 2.24. The second-order valence-corrected chi connectivity index (χ2v) is 6.37. The van der Waals surface area contributed by atoms with Crippen molar-refractivity contribution in [2.24, 2.45) is 0 Å². The third kappa shape index (κ3) is 6.07. The van der Waals surface area contributed by atoms with Gasteiger partial charge in [-0.15, -0.1) is 0 Å². The molecule has 0 saturated heterocycles. The van der Waals surface area contributed by atoms with E-state index in [1.807, 2.05) is 0 Å². The molecule has 2 N–H and O–H groups in total. The number of carboxylic acids is 1. The summed E-state index contributed by atoms with van der Waals surface area (Å²) in [7, 11) is 0. The normalized spacial score (nSPS) is 10.6. The zero-order valence-electron chi connectivity index (χ0n) is 13.5. The Hall–Kier alpha value is -2.05. The first-order valence-electron chi connectivity index (χ1n) is 7.98. The lowest BCUT2D eigenvalue weighted by Crippen LogP contribution is -2.25. The highest BCUT2D eigenvalue weighted by Gasteiger charge is 2.10. The topological polar surface area (TPSA) is 84.2 Å². The van der Waals surface area contributed by atoms with Crippen LogP contribution in [0.25, 0.3) is 5.69 Å². The first kappa shape index (κ1) is 19.3. The molecule has 0 saturated carbocycles. The van der Waals surface area contributed by atoms with Crippen molar-refractivity contribution in [1.29, 1.82) is 0 Å². The highest BCUT2D eigenvalue weighted by atomic mass is 35.5. The van der Waals surface area contributed by atoms with E-state index in [9.17, 15) is 9.59 Å². The van der Waals surface area contributed by atoms with Crippen molar-refractivity contribution < 1.29 is 14.7 Å². The van der Waals surface area contributed by atoms with Crippen molar-refractivity contribution in [2.45, 2.75) is 32.1 Å². The van der Waals surface area contributed by atoms with E-state index in [-0.39, 0.29) is 12.3 Å². The molecular weight excluding hydrogens is 365 g/mol. The van der Waals surface area contributed by atoms with Crippen LogP contribution >= 0.6 is 23.2 Å². The number of carboxylic acid groups (broad SMARTS) is 1. The molecule has 25 heavy (non-hydrogen) atoms. The van der Waals surface area contributed by atoms with Crippen LogP contribution in [0.5, 0.6) is 0 Å². The van der Waals surface area contributed by atoms with Gasteiger partial charge in [0.25, 0.3) is 5.91 Å². The van der Waals surface area contributed by atoms with E-state index in [1.165, 1.54) is 0 Å². The standard InChI is InChI=1S/C17H19Cl2N3O3/c18-13-7-6-12(11-14(13)19)22-10-8-15(21-22)17(25)20-9-4-2-1-3-5-16(23)24/h6-8,10-11H,1-5,9H2,(H,20,25)(H,23,24). The van der Waals surface area contributed by atoms with Crippen LogP contribution in [0.2, 0.25) is 10.0 Å². The Morgan fingerprint density at radius 3 is 2.56 bits per heavy atom. The summed E-state index contributed by atoms with van der Waals surface area (Å²) in [5, 5.41) is 16.5. The van der Waals surface area contributed by atoms with Gasteiger partial charge >= 0.3 is 5.97 Å². The maximum Gasteiger partial charge on any atom is 0.303 e. The van der Waals surface area contributed by atoms with Crippen molar-refractivity contribution in [1.82, 2.24) is 15.1 Å². The quantitative estimate of drug-likeness (QED) is 0.642. The number of halogens is 2. The second-order valence-electron chi connectivity index (χ2n) is 5.56. The van der Waals surface area contributed by atoms with Crippen LogP contribution in [0.1, 0.15) is 42.6 Å². The highest BCUT2D eigenvalue weighted by molar-refractivity contribution is 6.42. The van der Waals surface area contributed by atoms with E-state index >= 15 is 0 Å². The van der Waals surface area contributed by atoms with Crippen LogP contribution in [-0.4, -0.2) is 33.3 Å². The number of amides is 1. The van der Waals surface area contributed by atoms with Crippen LogP contribution in [0.15, 0.2) is 30.5 Å². The fraction of sp³-hybridized carbons (Fsp3) is 0.353. The van der Waals surface area contributed by atoms with Gasteiger partial charge in [0, 0.05) is 19.2 Å². The molecule has 0 unspecified atom stereocenters. The van der Waals surface area contributed by atoms with Gasteiger partial charge < -0.3 is 10.4 Å². The molecule has 0 aliphatic heterocycles. The van der Waals surface area contributed by atoms with Crippen molar-refractivity contribution >= 4 is 35.1 Å². The smallest absolute Gasteiger partial charge is 0.303 e. The predicted molar refractivity (Wildman–Crippen MR) is 96.6 cm³/mol. The molecule has 0 aliphatic rings. The van der Waals surface area contributed by atoms with Crippen LogP contribution in [0.3, 0.4) is 0 Å². The van der Waals surface area contributed by atoms with E-state index in [0.29, 0.717) is 34.4 Å². The van der Waals surface area contributed by atoms with Crippen LogP contribution < -0.4 is 5.32 Å². The summed E-state index contributed by atoms with van der Waals surface area (Å²) in [4.78, 5) is 22.5. The molecule has 0 fully saturated rings.